The van der Waals surface area contributed by atoms with E-state index in [0.717, 1.165) is 33.0 Å². The number of aromatic nitrogens is 2. The average molecular weight is 345 g/mol. The van der Waals surface area contributed by atoms with E-state index in [1.165, 1.54) is 56.3 Å². The molecule has 1 aliphatic heterocycles. The van der Waals surface area contributed by atoms with E-state index in [9.17, 15) is 0 Å². The fourth-order valence-corrected chi connectivity index (χ4v) is 6.70. The van der Waals surface area contributed by atoms with E-state index in [4.69, 9.17) is 9.97 Å². The van der Waals surface area contributed by atoms with Crippen LogP contribution in [0.25, 0.3) is 11.0 Å². The average Bonchev–Trinajstić information content (AvgIpc) is 2.68. The molecule has 0 bridgehead atoms. The zero-order chi connectivity index (χ0) is 15.5. The summed E-state index contributed by atoms with van der Waals surface area (Å²) in [5.74, 6) is 2.07. The zero-order valence-electron chi connectivity index (χ0n) is 13.5. The third-order valence-corrected chi connectivity index (χ3v) is 8.02. The molecule has 23 heavy (non-hydrogen) atoms. The molecule has 2 nitrogen and oxygen atoms in total. The number of benzene rings is 1. The van der Waals surface area contributed by atoms with Crippen LogP contribution in [0, 0.1) is 0 Å². The van der Waals surface area contributed by atoms with Crippen molar-refractivity contribution in [3.05, 3.63) is 35.7 Å². The van der Waals surface area contributed by atoms with Crippen LogP contribution >= 0.6 is 23.5 Å². The maximum atomic E-state index is 4.92. The quantitative estimate of drug-likeness (QED) is 0.622. The highest BCUT2D eigenvalue weighted by molar-refractivity contribution is 8.03. The molecule has 4 rings (SSSR count). The number of thioether (sulfide) groups is 2. The van der Waals surface area contributed by atoms with Crippen LogP contribution in [0.2, 0.25) is 0 Å². The first kappa shape index (κ1) is 15.8. The molecule has 2 unspecified atom stereocenters. The third-order valence-electron chi connectivity index (χ3n) is 4.99. The maximum Gasteiger partial charge on any atom is 0.0890 e. The second-order valence-corrected chi connectivity index (χ2v) is 9.10. The van der Waals surface area contributed by atoms with E-state index in [1.54, 1.807) is 0 Å². The molecule has 0 radical (unpaired) electrons. The highest BCUT2D eigenvalue weighted by Gasteiger charge is 2.26. The summed E-state index contributed by atoms with van der Waals surface area (Å²) in [5, 5.41) is 1.61. The Morgan fingerprint density at radius 1 is 0.696 bits per heavy atom. The first-order valence-corrected chi connectivity index (χ1v) is 11.0. The van der Waals surface area contributed by atoms with Gasteiger partial charge in [-0.3, -0.25) is 0 Å². The van der Waals surface area contributed by atoms with Gasteiger partial charge < -0.3 is 0 Å². The van der Waals surface area contributed by atoms with Crippen molar-refractivity contribution in [2.75, 3.05) is 0 Å². The van der Waals surface area contributed by atoms with Gasteiger partial charge in [0.15, 0.2) is 0 Å². The normalized spacial score (nSPS) is 26.1. The maximum absolute atomic E-state index is 4.92. The molecule has 0 spiro atoms. The van der Waals surface area contributed by atoms with Gasteiger partial charge in [0.05, 0.1) is 22.4 Å². The molecule has 1 saturated carbocycles. The number of rotatable bonds is 0. The van der Waals surface area contributed by atoms with Crippen molar-refractivity contribution in [2.24, 2.45) is 0 Å². The number of hydrogen-bond acceptors (Lipinski definition) is 4. The minimum Gasteiger partial charge on any atom is -0.248 e. The Morgan fingerprint density at radius 3 is 1.70 bits per heavy atom. The van der Waals surface area contributed by atoms with Gasteiger partial charge in [-0.25, -0.2) is 9.97 Å². The fourth-order valence-electron chi connectivity index (χ4n) is 3.65. The van der Waals surface area contributed by atoms with Crippen LogP contribution < -0.4 is 0 Å². The number of fused-ring (bicyclic) bond motifs is 3. The van der Waals surface area contributed by atoms with Crippen LogP contribution in [0.4, 0.5) is 0 Å². The van der Waals surface area contributed by atoms with Crippen LogP contribution in [-0.4, -0.2) is 20.5 Å². The molecule has 2 heterocycles. The fraction of sp³-hybridized carbons (Fsp3) is 0.579. The van der Waals surface area contributed by atoms with Gasteiger partial charge in [0.25, 0.3) is 0 Å². The molecule has 1 fully saturated rings. The Labute approximate surface area is 147 Å². The van der Waals surface area contributed by atoms with Crippen molar-refractivity contribution >= 4 is 34.6 Å². The lowest BCUT2D eigenvalue weighted by Gasteiger charge is -2.28. The van der Waals surface area contributed by atoms with Crippen molar-refractivity contribution in [1.82, 2.24) is 9.97 Å². The van der Waals surface area contributed by atoms with E-state index in [0.29, 0.717) is 0 Å². The summed E-state index contributed by atoms with van der Waals surface area (Å²) in [7, 11) is 0. The summed E-state index contributed by atoms with van der Waals surface area (Å²) in [6, 6.07) is 8.29. The number of para-hydroxylation sites is 2. The largest absolute Gasteiger partial charge is 0.248 e. The van der Waals surface area contributed by atoms with Crippen LogP contribution in [0.5, 0.6) is 0 Å². The summed E-state index contributed by atoms with van der Waals surface area (Å²) in [6.45, 7) is 0. The second kappa shape index (κ2) is 7.43. The van der Waals surface area contributed by atoms with Gasteiger partial charge in [-0.2, -0.15) is 23.5 Å². The van der Waals surface area contributed by atoms with Crippen LogP contribution in [0.3, 0.4) is 0 Å². The predicted octanol–water partition coefficient (Wildman–Crippen LogP) is 5.59. The topological polar surface area (TPSA) is 25.8 Å². The number of hydrogen-bond donors (Lipinski definition) is 0. The van der Waals surface area contributed by atoms with Crippen molar-refractivity contribution in [3.8, 4) is 0 Å². The summed E-state index contributed by atoms with van der Waals surface area (Å²) in [6.07, 6.45) is 9.88. The summed E-state index contributed by atoms with van der Waals surface area (Å²) in [5.41, 5.74) is 4.53. The molecule has 0 saturated heterocycles. The monoisotopic (exact) mass is 344 g/mol. The Hall–Kier alpha value is -0.740. The van der Waals surface area contributed by atoms with Gasteiger partial charge in [-0.05, 0) is 25.0 Å². The van der Waals surface area contributed by atoms with Gasteiger partial charge in [-0.1, -0.05) is 44.2 Å². The molecule has 1 aromatic heterocycles. The van der Waals surface area contributed by atoms with Crippen LogP contribution in [-0.2, 0) is 11.5 Å². The smallest absolute Gasteiger partial charge is 0.0890 e. The molecular weight excluding hydrogens is 320 g/mol. The Balaban J connectivity index is 1.61. The molecule has 4 heteroatoms. The van der Waals surface area contributed by atoms with E-state index >= 15 is 0 Å². The predicted molar refractivity (Wildman–Crippen MR) is 102 cm³/mol. The first-order chi connectivity index (χ1) is 11.4. The molecular formula is C19H24N2S2. The Kier molecular flexibility index (Phi) is 5.10. The molecule has 0 amide bonds. The molecule has 122 valence electrons. The molecule has 2 aromatic rings. The SMILES string of the molecule is c1ccc2nc3c(nc2c1)CSC1CCCCCCCC1SC3. The standard InChI is InChI=1S/C19H24N2S2/c1-2-4-10-18-19(11-5-3-1)23-13-17-16(12-22-18)20-14-8-6-7-9-15(14)21-17/h6-9,18-19H,1-5,10-13H2. The lowest BCUT2D eigenvalue weighted by atomic mass is 10.1. The van der Waals surface area contributed by atoms with Crippen LogP contribution in [0.15, 0.2) is 24.3 Å². The van der Waals surface area contributed by atoms with Gasteiger partial charge in [0.1, 0.15) is 0 Å². The van der Waals surface area contributed by atoms with Gasteiger partial charge in [0.2, 0.25) is 0 Å². The zero-order valence-corrected chi connectivity index (χ0v) is 15.2. The van der Waals surface area contributed by atoms with Crippen molar-refractivity contribution in [2.45, 2.75) is 67.0 Å². The van der Waals surface area contributed by atoms with Crippen LogP contribution in [0.1, 0.15) is 56.3 Å². The third kappa shape index (κ3) is 3.69. The van der Waals surface area contributed by atoms with Gasteiger partial charge in [0, 0.05) is 22.0 Å². The summed E-state index contributed by atoms with van der Waals surface area (Å²) in [4.78, 5) is 9.84. The summed E-state index contributed by atoms with van der Waals surface area (Å²) >= 11 is 4.28. The summed E-state index contributed by atoms with van der Waals surface area (Å²) < 4.78 is 0. The Morgan fingerprint density at radius 2 is 1.17 bits per heavy atom. The minimum atomic E-state index is 0.805. The lowest BCUT2D eigenvalue weighted by molar-refractivity contribution is 0.625. The van der Waals surface area contributed by atoms with Crippen molar-refractivity contribution in [1.29, 1.82) is 0 Å². The van der Waals surface area contributed by atoms with E-state index in [2.05, 4.69) is 47.8 Å². The molecule has 2 atom stereocenters. The first-order valence-electron chi connectivity index (χ1n) is 8.88. The molecule has 0 N–H and O–H groups in total. The van der Waals surface area contributed by atoms with Gasteiger partial charge >= 0.3 is 0 Å². The van der Waals surface area contributed by atoms with E-state index in [-0.39, 0.29) is 0 Å². The van der Waals surface area contributed by atoms with Crippen molar-refractivity contribution in [3.63, 3.8) is 0 Å². The molecule has 1 aromatic carbocycles. The van der Waals surface area contributed by atoms with Crippen molar-refractivity contribution < 1.29 is 0 Å². The van der Waals surface area contributed by atoms with E-state index in [1.807, 2.05) is 0 Å². The second-order valence-electron chi connectivity index (χ2n) is 6.65. The molecule has 2 aliphatic rings. The number of nitrogens with zero attached hydrogens (tertiary/aromatic N) is 2. The minimum absolute atomic E-state index is 0.805. The molecule has 1 aliphatic carbocycles. The Bertz CT molecular complexity index is 617. The highest BCUT2D eigenvalue weighted by Crippen LogP contribution is 2.39. The highest BCUT2D eigenvalue weighted by atomic mass is 32.2. The van der Waals surface area contributed by atoms with Gasteiger partial charge in [-0.15, -0.1) is 0 Å². The lowest BCUT2D eigenvalue weighted by Crippen LogP contribution is -2.23. The van der Waals surface area contributed by atoms with E-state index < -0.39 is 0 Å².